The SMILES string of the molecule is O=C(O)c1nnn(C2CC2)c1Br. The lowest BCUT2D eigenvalue weighted by molar-refractivity contribution is 0.0689. The van der Waals surface area contributed by atoms with E-state index in [2.05, 4.69) is 26.2 Å². The van der Waals surface area contributed by atoms with Crippen molar-refractivity contribution in [3.8, 4) is 0 Å². The third-order valence-electron chi connectivity index (χ3n) is 1.73. The van der Waals surface area contributed by atoms with Crippen LogP contribution in [0.5, 0.6) is 0 Å². The van der Waals surface area contributed by atoms with Crippen molar-refractivity contribution >= 4 is 21.9 Å². The minimum absolute atomic E-state index is 0.0121. The van der Waals surface area contributed by atoms with Crippen LogP contribution < -0.4 is 0 Å². The Hall–Kier alpha value is -0.910. The number of carboxylic acid groups (broad SMARTS) is 1. The summed E-state index contributed by atoms with van der Waals surface area (Å²) in [6.07, 6.45) is 2.11. The number of aromatic carboxylic acids is 1. The molecule has 0 spiro atoms. The van der Waals surface area contributed by atoms with E-state index in [1.54, 1.807) is 4.68 Å². The van der Waals surface area contributed by atoms with Crippen LogP contribution in [0, 0.1) is 0 Å². The van der Waals surface area contributed by atoms with E-state index in [0.29, 0.717) is 10.6 Å². The second kappa shape index (κ2) is 2.55. The van der Waals surface area contributed by atoms with Crippen LogP contribution in [0.25, 0.3) is 0 Å². The summed E-state index contributed by atoms with van der Waals surface area (Å²) in [4.78, 5) is 10.5. The number of nitrogens with zero attached hydrogens (tertiary/aromatic N) is 3. The molecule has 0 amide bonds. The number of hydrogen-bond donors (Lipinski definition) is 1. The van der Waals surface area contributed by atoms with Gasteiger partial charge in [-0.05, 0) is 28.8 Å². The van der Waals surface area contributed by atoms with E-state index in [4.69, 9.17) is 5.11 Å². The van der Waals surface area contributed by atoms with Gasteiger partial charge in [-0.1, -0.05) is 5.21 Å². The maximum atomic E-state index is 10.5. The summed E-state index contributed by atoms with van der Waals surface area (Å²) in [7, 11) is 0. The highest BCUT2D eigenvalue weighted by atomic mass is 79.9. The minimum atomic E-state index is -1.05. The predicted octanol–water partition coefficient (Wildman–Crippen LogP) is 1.07. The van der Waals surface area contributed by atoms with Crippen molar-refractivity contribution in [1.82, 2.24) is 15.0 Å². The molecule has 1 aliphatic rings. The molecule has 1 aliphatic carbocycles. The van der Waals surface area contributed by atoms with Crippen LogP contribution in [0.15, 0.2) is 4.60 Å². The van der Waals surface area contributed by atoms with Crippen LogP contribution >= 0.6 is 15.9 Å². The molecule has 64 valence electrons. The molecule has 0 unspecified atom stereocenters. The monoisotopic (exact) mass is 231 g/mol. The Morgan fingerprint density at radius 2 is 2.33 bits per heavy atom. The standard InChI is InChI=1S/C6H6BrN3O2/c7-5-4(6(11)12)8-9-10(5)3-1-2-3/h3H,1-2H2,(H,11,12). The van der Waals surface area contributed by atoms with Gasteiger partial charge in [0.15, 0.2) is 0 Å². The Morgan fingerprint density at radius 1 is 1.67 bits per heavy atom. The molecular weight excluding hydrogens is 226 g/mol. The molecule has 0 bridgehead atoms. The maximum Gasteiger partial charge on any atom is 0.359 e. The topological polar surface area (TPSA) is 68.0 Å². The number of halogens is 1. The van der Waals surface area contributed by atoms with Gasteiger partial charge in [-0.3, -0.25) is 0 Å². The number of rotatable bonds is 2. The predicted molar refractivity (Wildman–Crippen MR) is 43.0 cm³/mol. The molecular formula is C6H6BrN3O2. The van der Waals surface area contributed by atoms with Crippen molar-refractivity contribution < 1.29 is 9.90 Å². The number of hydrogen-bond acceptors (Lipinski definition) is 3. The van der Waals surface area contributed by atoms with Gasteiger partial charge in [0, 0.05) is 0 Å². The van der Waals surface area contributed by atoms with E-state index >= 15 is 0 Å². The highest BCUT2D eigenvalue weighted by molar-refractivity contribution is 9.10. The normalized spacial score (nSPS) is 16.4. The van der Waals surface area contributed by atoms with Crippen LogP contribution in [0.2, 0.25) is 0 Å². The second-order valence-electron chi connectivity index (χ2n) is 2.71. The summed E-state index contributed by atoms with van der Waals surface area (Å²) in [5, 5.41) is 15.9. The first-order chi connectivity index (χ1) is 5.70. The van der Waals surface area contributed by atoms with Gasteiger partial charge in [-0.2, -0.15) is 0 Å². The smallest absolute Gasteiger partial charge is 0.359 e. The molecule has 1 saturated carbocycles. The van der Waals surface area contributed by atoms with Crippen molar-refractivity contribution in [2.45, 2.75) is 18.9 Å². The quantitative estimate of drug-likeness (QED) is 0.828. The van der Waals surface area contributed by atoms with Crippen LogP contribution in [-0.4, -0.2) is 26.1 Å². The second-order valence-corrected chi connectivity index (χ2v) is 3.46. The number of carbonyl (C=O) groups is 1. The van der Waals surface area contributed by atoms with E-state index in [1.165, 1.54) is 0 Å². The highest BCUT2D eigenvalue weighted by Gasteiger charge is 2.29. The lowest BCUT2D eigenvalue weighted by Gasteiger charge is -1.95. The van der Waals surface area contributed by atoms with Crippen LogP contribution in [0.4, 0.5) is 0 Å². The van der Waals surface area contributed by atoms with E-state index < -0.39 is 5.97 Å². The minimum Gasteiger partial charge on any atom is -0.476 e. The lowest BCUT2D eigenvalue weighted by atomic mass is 10.5. The van der Waals surface area contributed by atoms with Gasteiger partial charge in [0.2, 0.25) is 5.69 Å². The molecule has 2 rings (SSSR count). The van der Waals surface area contributed by atoms with Crippen molar-refractivity contribution in [2.75, 3.05) is 0 Å². The zero-order valence-electron chi connectivity index (χ0n) is 6.07. The summed E-state index contributed by atoms with van der Waals surface area (Å²) >= 11 is 3.15. The molecule has 12 heavy (non-hydrogen) atoms. The Morgan fingerprint density at radius 3 is 2.75 bits per heavy atom. The first-order valence-electron chi connectivity index (χ1n) is 3.54. The van der Waals surface area contributed by atoms with Gasteiger partial charge in [0.05, 0.1) is 6.04 Å². The van der Waals surface area contributed by atoms with E-state index in [0.717, 1.165) is 12.8 Å². The average Bonchev–Trinajstić information content (AvgIpc) is 2.75. The summed E-state index contributed by atoms with van der Waals surface area (Å²) in [6.45, 7) is 0. The zero-order valence-corrected chi connectivity index (χ0v) is 7.65. The molecule has 1 heterocycles. The van der Waals surface area contributed by atoms with Crippen LogP contribution in [0.3, 0.4) is 0 Å². The van der Waals surface area contributed by atoms with E-state index in [9.17, 15) is 4.79 Å². The van der Waals surface area contributed by atoms with E-state index in [-0.39, 0.29) is 5.69 Å². The summed E-state index contributed by atoms with van der Waals surface area (Å²) in [5.41, 5.74) is -0.0121. The third kappa shape index (κ3) is 1.12. The van der Waals surface area contributed by atoms with Gasteiger partial charge < -0.3 is 5.11 Å². The average molecular weight is 232 g/mol. The van der Waals surface area contributed by atoms with Crippen LogP contribution in [0.1, 0.15) is 29.4 Å². The molecule has 0 saturated heterocycles. The highest BCUT2D eigenvalue weighted by Crippen LogP contribution is 2.36. The Labute approximate surface area is 76.5 Å². The molecule has 6 heteroatoms. The van der Waals surface area contributed by atoms with Gasteiger partial charge in [0.1, 0.15) is 4.60 Å². The van der Waals surface area contributed by atoms with E-state index in [1.807, 2.05) is 0 Å². The molecule has 0 aliphatic heterocycles. The number of carboxylic acids is 1. The molecule has 1 fully saturated rings. The van der Waals surface area contributed by atoms with Crippen molar-refractivity contribution in [1.29, 1.82) is 0 Å². The summed E-state index contributed by atoms with van der Waals surface area (Å²) in [5.74, 6) is -1.05. The summed E-state index contributed by atoms with van der Waals surface area (Å²) < 4.78 is 2.08. The zero-order chi connectivity index (χ0) is 8.72. The molecule has 1 aromatic heterocycles. The van der Waals surface area contributed by atoms with Gasteiger partial charge in [-0.15, -0.1) is 5.10 Å². The molecule has 1 N–H and O–H groups in total. The van der Waals surface area contributed by atoms with Crippen LogP contribution in [-0.2, 0) is 0 Å². The fraction of sp³-hybridized carbons (Fsp3) is 0.500. The fourth-order valence-corrected chi connectivity index (χ4v) is 1.57. The molecule has 0 aromatic carbocycles. The van der Waals surface area contributed by atoms with Gasteiger partial charge in [-0.25, -0.2) is 9.48 Å². The summed E-state index contributed by atoms with van der Waals surface area (Å²) in [6, 6.07) is 0.347. The Bertz CT molecular complexity index is 332. The first kappa shape index (κ1) is 7.72. The first-order valence-corrected chi connectivity index (χ1v) is 4.33. The molecule has 5 nitrogen and oxygen atoms in total. The molecule has 0 radical (unpaired) electrons. The largest absolute Gasteiger partial charge is 0.476 e. The fourth-order valence-electron chi connectivity index (χ4n) is 0.965. The lowest BCUT2D eigenvalue weighted by Crippen LogP contribution is -1.99. The third-order valence-corrected chi connectivity index (χ3v) is 2.47. The van der Waals surface area contributed by atoms with Gasteiger partial charge >= 0.3 is 5.97 Å². The van der Waals surface area contributed by atoms with Crippen molar-refractivity contribution in [2.24, 2.45) is 0 Å². The molecule has 1 aromatic rings. The molecule has 0 atom stereocenters. The van der Waals surface area contributed by atoms with Gasteiger partial charge in [0.25, 0.3) is 0 Å². The number of aromatic nitrogens is 3. The van der Waals surface area contributed by atoms with Crippen molar-refractivity contribution in [3.63, 3.8) is 0 Å². The van der Waals surface area contributed by atoms with Crippen molar-refractivity contribution in [3.05, 3.63) is 10.3 Å². The maximum absolute atomic E-state index is 10.5. The Balaban J connectivity index is 2.39. The Kier molecular flexibility index (Phi) is 1.64.